The van der Waals surface area contributed by atoms with Gasteiger partial charge in [0.15, 0.2) is 5.75 Å². The first kappa shape index (κ1) is 23.1. The van der Waals surface area contributed by atoms with Gasteiger partial charge in [-0.05, 0) is 48.4 Å². The number of pyridine rings is 1. The Hall–Kier alpha value is -4.02. The SMILES string of the molecule is CON(C(=O)Oc1c2ccccc2nc2ccccc12)S(=O)(=O)c1ccc(CCC(=O)O)cc1. The minimum atomic E-state index is -4.42. The van der Waals surface area contributed by atoms with Crippen LogP contribution in [-0.4, -0.2) is 42.1 Å². The number of aromatic nitrogens is 1. The summed E-state index contributed by atoms with van der Waals surface area (Å²) in [7, 11) is -3.38. The Bertz CT molecular complexity index is 1430. The third kappa shape index (κ3) is 4.54. The number of aliphatic carboxylic acids is 1. The molecule has 10 heteroatoms. The lowest BCUT2D eigenvalue weighted by Gasteiger charge is -2.20. The van der Waals surface area contributed by atoms with E-state index in [0.717, 1.165) is 7.11 Å². The number of hydroxylamine groups is 1. The van der Waals surface area contributed by atoms with E-state index in [1.807, 2.05) is 0 Å². The fraction of sp³-hybridized carbons (Fsp3) is 0.125. The number of hydrogen-bond acceptors (Lipinski definition) is 7. The van der Waals surface area contributed by atoms with E-state index >= 15 is 0 Å². The van der Waals surface area contributed by atoms with Crippen molar-refractivity contribution < 1.29 is 32.7 Å². The van der Waals surface area contributed by atoms with Gasteiger partial charge >= 0.3 is 12.1 Å². The first-order valence-corrected chi connectivity index (χ1v) is 11.6. The Balaban J connectivity index is 1.67. The predicted octanol–water partition coefficient (Wildman–Crippen LogP) is 4.16. The standard InChI is InChI=1S/C24H20N2O7S/c1-32-26(34(30,31)17-13-10-16(11-14-17)12-15-22(27)28)24(29)33-23-18-6-2-4-8-20(18)25-21-9-5-3-7-19(21)23/h2-11,13-14H,12,15H2,1H3,(H,27,28). The van der Waals surface area contributed by atoms with Crippen molar-refractivity contribution in [1.82, 2.24) is 9.45 Å². The number of rotatable bonds is 7. The van der Waals surface area contributed by atoms with Crippen LogP contribution in [0.1, 0.15) is 12.0 Å². The second-order valence-corrected chi connectivity index (χ2v) is 9.05. The van der Waals surface area contributed by atoms with Crippen LogP contribution in [0.3, 0.4) is 0 Å². The van der Waals surface area contributed by atoms with Crippen molar-refractivity contribution in [3.63, 3.8) is 0 Å². The zero-order valence-electron chi connectivity index (χ0n) is 18.0. The molecule has 0 aliphatic rings. The van der Waals surface area contributed by atoms with Crippen molar-refractivity contribution in [3.8, 4) is 5.75 Å². The molecule has 0 saturated carbocycles. The summed E-state index contributed by atoms with van der Waals surface area (Å²) < 4.78 is 31.9. The van der Waals surface area contributed by atoms with Crippen molar-refractivity contribution >= 4 is 43.9 Å². The minimum absolute atomic E-state index is 0.0868. The van der Waals surface area contributed by atoms with Crippen LogP contribution in [0, 0.1) is 0 Å². The zero-order chi connectivity index (χ0) is 24.3. The molecule has 0 saturated heterocycles. The maximum Gasteiger partial charge on any atom is 0.454 e. The Labute approximate surface area is 195 Å². The number of benzene rings is 3. The van der Waals surface area contributed by atoms with Gasteiger partial charge in [0, 0.05) is 17.2 Å². The average Bonchev–Trinajstić information content (AvgIpc) is 2.83. The fourth-order valence-corrected chi connectivity index (χ4v) is 4.58. The van der Waals surface area contributed by atoms with Crippen molar-refractivity contribution in [2.24, 2.45) is 0 Å². The molecular weight excluding hydrogens is 460 g/mol. The maximum absolute atomic E-state index is 13.1. The molecule has 0 spiro atoms. The van der Waals surface area contributed by atoms with Gasteiger partial charge in [0.2, 0.25) is 0 Å². The van der Waals surface area contributed by atoms with Crippen molar-refractivity contribution in [2.45, 2.75) is 17.7 Å². The summed E-state index contributed by atoms with van der Waals surface area (Å²) in [6, 6.07) is 19.6. The van der Waals surface area contributed by atoms with Gasteiger partial charge in [-0.3, -0.25) is 9.63 Å². The summed E-state index contributed by atoms with van der Waals surface area (Å²) in [6.45, 7) is 0. The molecule has 0 bridgehead atoms. The number of carbonyl (C=O) groups is 2. The number of carboxylic acids is 1. The number of carbonyl (C=O) groups excluding carboxylic acids is 1. The lowest BCUT2D eigenvalue weighted by atomic mass is 10.1. The molecule has 0 fully saturated rings. The highest BCUT2D eigenvalue weighted by Crippen LogP contribution is 2.33. The fourth-order valence-electron chi connectivity index (χ4n) is 3.48. The van der Waals surface area contributed by atoms with Crippen LogP contribution in [0.15, 0.2) is 77.7 Å². The van der Waals surface area contributed by atoms with E-state index in [1.54, 1.807) is 48.5 Å². The monoisotopic (exact) mass is 480 g/mol. The van der Waals surface area contributed by atoms with Crippen LogP contribution in [-0.2, 0) is 26.1 Å². The van der Waals surface area contributed by atoms with E-state index in [2.05, 4.69) is 4.98 Å². The lowest BCUT2D eigenvalue weighted by Crippen LogP contribution is -2.38. The Morgan fingerprint density at radius 1 is 0.912 bits per heavy atom. The molecule has 0 aliphatic heterocycles. The molecule has 0 aliphatic carbocycles. The molecule has 0 radical (unpaired) electrons. The normalized spacial score (nSPS) is 11.4. The van der Waals surface area contributed by atoms with Crippen LogP contribution in [0.25, 0.3) is 21.8 Å². The average molecular weight is 480 g/mol. The number of fused-ring (bicyclic) bond motifs is 2. The van der Waals surface area contributed by atoms with Gasteiger partial charge in [0.25, 0.3) is 10.0 Å². The summed E-state index contributed by atoms with van der Waals surface area (Å²) in [5.41, 5.74) is 1.79. The van der Waals surface area contributed by atoms with Gasteiger partial charge in [0.05, 0.1) is 23.0 Å². The summed E-state index contributed by atoms with van der Waals surface area (Å²) in [5.74, 6) is -0.798. The molecule has 1 N–H and O–H groups in total. The van der Waals surface area contributed by atoms with Crippen LogP contribution >= 0.6 is 0 Å². The number of amides is 1. The molecular formula is C24H20N2O7S. The van der Waals surface area contributed by atoms with Crippen LogP contribution in [0.5, 0.6) is 5.75 Å². The summed E-state index contributed by atoms with van der Waals surface area (Å²) >= 11 is 0. The Morgan fingerprint density at radius 2 is 1.47 bits per heavy atom. The number of hydrogen-bond donors (Lipinski definition) is 1. The first-order valence-electron chi connectivity index (χ1n) is 10.2. The van der Waals surface area contributed by atoms with E-state index < -0.39 is 22.1 Å². The smallest absolute Gasteiger partial charge is 0.454 e. The van der Waals surface area contributed by atoms with Crippen molar-refractivity contribution in [3.05, 3.63) is 78.4 Å². The second kappa shape index (κ2) is 9.46. The van der Waals surface area contributed by atoms with Gasteiger partial charge in [0.1, 0.15) is 0 Å². The molecule has 4 rings (SSSR count). The third-order valence-electron chi connectivity index (χ3n) is 5.11. The molecule has 0 atom stereocenters. The van der Waals surface area contributed by atoms with Crippen molar-refractivity contribution in [1.29, 1.82) is 0 Å². The quantitative estimate of drug-likeness (QED) is 0.309. The zero-order valence-corrected chi connectivity index (χ0v) is 18.9. The molecule has 3 aromatic carbocycles. The van der Waals surface area contributed by atoms with Gasteiger partial charge < -0.3 is 9.84 Å². The van der Waals surface area contributed by atoms with Crippen LogP contribution in [0.2, 0.25) is 0 Å². The first-order chi connectivity index (χ1) is 16.3. The highest BCUT2D eigenvalue weighted by Gasteiger charge is 2.32. The molecule has 4 aromatic rings. The summed E-state index contributed by atoms with van der Waals surface area (Å²) in [6.07, 6.45) is -1.09. The van der Waals surface area contributed by atoms with E-state index in [4.69, 9.17) is 14.7 Å². The van der Waals surface area contributed by atoms with Gasteiger partial charge in [-0.25, -0.2) is 9.78 Å². The highest BCUT2D eigenvalue weighted by atomic mass is 32.2. The Morgan fingerprint density at radius 3 is 2.00 bits per heavy atom. The predicted molar refractivity (Wildman–Crippen MR) is 124 cm³/mol. The van der Waals surface area contributed by atoms with E-state index in [9.17, 15) is 18.0 Å². The number of aryl methyl sites for hydroxylation is 1. The molecule has 1 heterocycles. The number of para-hydroxylation sites is 2. The maximum atomic E-state index is 13.1. The van der Waals surface area contributed by atoms with Gasteiger partial charge in [-0.2, -0.15) is 8.42 Å². The third-order valence-corrected chi connectivity index (χ3v) is 6.71. The van der Waals surface area contributed by atoms with E-state index in [1.165, 1.54) is 24.3 Å². The van der Waals surface area contributed by atoms with Gasteiger partial charge in [-0.15, -0.1) is 0 Å². The minimum Gasteiger partial charge on any atom is -0.481 e. The second-order valence-electron chi connectivity index (χ2n) is 7.30. The van der Waals surface area contributed by atoms with Crippen LogP contribution in [0.4, 0.5) is 4.79 Å². The topological polar surface area (TPSA) is 123 Å². The van der Waals surface area contributed by atoms with Crippen LogP contribution < -0.4 is 4.74 Å². The van der Waals surface area contributed by atoms with E-state index in [0.29, 0.717) is 27.4 Å². The molecule has 9 nitrogen and oxygen atoms in total. The van der Waals surface area contributed by atoms with Gasteiger partial charge in [-0.1, -0.05) is 40.9 Å². The number of sulfonamides is 1. The van der Waals surface area contributed by atoms with E-state index in [-0.39, 0.29) is 28.0 Å². The van der Waals surface area contributed by atoms with Crippen molar-refractivity contribution in [2.75, 3.05) is 7.11 Å². The molecule has 1 aromatic heterocycles. The summed E-state index contributed by atoms with van der Waals surface area (Å²) in [5, 5.41) is 9.87. The highest BCUT2D eigenvalue weighted by molar-refractivity contribution is 7.89. The summed E-state index contributed by atoms with van der Waals surface area (Å²) in [4.78, 5) is 33.0. The Kier molecular flexibility index (Phi) is 6.44. The lowest BCUT2D eigenvalue weighted by molar-refractivity contribution is -0.136. The number of ether oxygens (including phenoxy) is 1. The molecule has 1 amide bonds. The molecule has 34 heavy (non-hydrogen) atoms. The molecule has 0 unspecified atom stereocenters. The molecule has 174 valence electrons. The number of nitrogens with zero attached hydrogens (tertiary/aromatic N) is 2. The number of carboxylic acid groups (broad SMARTS) is 1. The largest absolute Gasteiger partial charge is 0.481 e.